The van der Waals surface area contributed by atoms with Gasteiger partial charge in [0.15, 0.2) is 0 Å². The van der Waals surface area contributed by atoms with Crippen molar-refractivity contribution in [3.63, 3.8) is 0 Å². The molecule has 1 aliphatic rings. The number of benzene rings is 2. The number of rotatable bonds is 5. The van der Waals surface area contributed by atoms with E-state index in [0.29, 0.717) is 39.0 Å². The zero-order valence-electron chi connectivity index (χ0n) is 17.0. The van der Waals surface area contributed by atoms with Crippen LogP contribution >= 0.6 is 0 Å². The molecule has 1 heterocycles. The lowest BCUT2D eigenvalue weighted by Gasteiger charge is -2.33. The largest absolute Gasteiger partial charge is 0.338 e. The molecular weight excluding hydrogens is 369 g/mol. The summed E-state index contributed by atoms with van der Waals surface area (Å²) < 4.78 is 13.9. The van der Waals surface area contributed by atoms with E-state index in [-0.39, 0.29) is 23.5 Å². The Bertz CT molecular complexity index is 863. The van der Waals surface area contributed by atoms with E-state index in [4.69, 9.17) is 0 Å². The minimum Gasteiger partial charge on any atom is -0.338 e. The second-order valence-corrected chi connectivity index (χ2v) is 7.50. The van der Waals surface area contributed by atoms with Gasteiger partial charge in [-0.05, 0) is 44.4 Å². The maximum absolute atomic E-state index is 13.9. The summed E-state index contributed by atoms with van der Waals surface area (Å²) in [5.74, 6) is -0.787. The molecule has 0 atom stereocenters. The average Bonchev–Trinajstić information content (AvgIpc) is 2.72. The molecular formula is C23H28FN3O2. The quantitative estimate of drug-likeness (QED) is 0.830. The summed E-state index contributed by atoms with van der Waals surface area (Å²) in [5.41, 5.74) is 2.38. The van der Waals surface area contributed by atoms with Gasteiger partial charge in [-0.15, -0.1) is 0 Å². The summed E-state index contributed by atoms with van der Waals surface area (Å²) in [6.07, 6.45) is 1.32. The number of urea groups is 1. The van der Waals surface area contributed by atoms with Crippen molar-refractivity contribution in [3.8, 4) is 0 Å². The molecule has 1 fully saturated rings. The molecule has 0 unspecified atom stereocenters. The first-order valence-electron chi connectivity index (χ1n) is 10.1. The molecule has 1 aliphatic heterocycles. The molecule has 1 saturated heterocycles. The molecule has 154 valence electrons. The van der Waals surface area contributed by atoms with Gasteiger partial charge >= 0.3 is 6.03 Å². The minimum absolute atomic E-state index is 0.0127. The first-order chi connectivity index (χ1) is 14.0. The summed E-state index contributed by atoms with van der Waals surface area (Å²) in [5, 5.41) is 3.09. The number of hydrogen-bond donors (Lipinski definition) is 1. The van der Waals surface area contributed by atoms with E-state index in [1.165, 1.54) is 17.7 Å². The van der Waals surface area contributed by atoms with Crippen molar-refractivity contribution in [2.24, 2.45) is 0 Å². The van der Waals surface area contributed by atoms with Crippen LogP contribution in [0.1, 0.15) is 41.3 Å². The number of nitrogens with zero attached hydrogens (tertiary/aromatic N) is 2. The van der Waals surface area contributed by atoms with Crippen molar-refractivity contribution in [2.75, 3.05) is 19.6 Å². The van der Waals surface area contributed by atoms with Gasteiger partial charge in [0.05, 0.1) is 5.56 Å². The minimum atomic E-state index is -0.498. The molecule has 1 N–H and O–H groups in total. The Morgan fingerprint density at radius 3 is 2.52 bits per heavy atom. The lowest BCUT2D eigenvalue weighted by molar-refractivity contribution is 0.0701. The number of amides is 3. The van der Waals surface area contributed by atoms with Gasteiger partial charge in [-0.1, -0.05) is 42.0 Å². The number of likely N-dealkylation sites (tertiary alicyclic amines) is 1. The number of carbonyl (C=O) groups excluding carboxylic acids is 2. The maximum atomic E-state index is 13.9. The highest BCUT2D eigenvalue weighted by Gasteiger charge is 2.26. The molecule has 2 aromatic rings. The van der Waals surface area contributed by atoms with Crippen LogP contribution in [0.5, 0.6) is 0 Å². The van der Waals surface area contributed by atoms with Crippen LogP contribution in [0.3, 0.4) is 0 Å². The predicted octanol–water partition coefficient (Wildman–Crippen LogP) is 3.97. The van der Waals surface area contributed by atoms with E-state index in [1.807, 2.05) is 32.0 Å². The molecule has 6 heteroatoms. The fourth-order valence-electron chi connectivity index (χ4n) is 3.66. The van der Waals surface area contributed by atoms with Gasteiger partial charge in [0.25, 0.3) is 5.91 Å². The number of hydrogen-bond acceptors (Lipinski definition) is 2. The SMILES string of the molecule is CCN(Cc1cccc(C)c1)C(=O)NC1CCN(C(=O)c2ccccc2F)CC1. The van der Waals surface area contributed by atoms with Crippen molar-refractivity contribution in [3.05, 3.63) is 71.0 Å². The molecule has 29 heavy (non-hydrogen) atoms. The normalized spacial score (nSPS) is 14.5. The summed E-state index contributed by atoms with van der Waals surface area (Å²) in [6, 6.07) is 14.1. The Hall–Kier alpha value is -2.89. The zero-order chi connectivity index (χ0) is 20.8. The molecule has 0 bridgehead atoms. The number of aryl methyl sites for hydroxylation is 1. The summed E-state index contributed by atoms with van der Waals surface area (Å²) in [6.45, 7) is 6.19. The van der Waals surface area contributed by atoms with Crippen molar-refractivity contribution < 1.29 is 14.0 Å². The van der Waals surface area contributed by atoms with Crippen LogP contribution in [0.15, 0.2) is 48.5 Å². The average molecular weight is 397 g/mol. The lowest BCUT2D eigenvalue weighted by atomic mass is 10.0. The first kappa shape index (κ1) is 20.8. The van der Waals surface area contributed by atoms with E-state index in [9.17, 15) is 14.0 Å². The van der Waals surface area contributed by atoms with Crippen molar-refractivity contribution in [2.45, 2.75) is 39.3 Å². The molecule has 0 radical (unpaired) electrons. The summed E-state index contributed by atoms with van der Waals surface area (Å²) in [7, 11) is 0. The van der Waals surface area contributed by atoms with Crippen molar-refractivity contribution >= 4 is 11.9 Å². The standard InChI is InChI=1S/C23H28FN3O2/c1-3-26(16-18-8-6-7-17(2)15-18)23(29)25-19-11-13-27(14-12-19)22(28)20-9-4-5-10-21(20)24/h4-10,15,19H,3,11-14,16H2,1-2H3,(H,25,29). The number of piperidine rings is 1. The third-order valence-electron chi connectivity index (χ3n) is 5.34. The Kier molecular flexibility index (Phi) is 6.86. The van der Waals surface area contributed by atoms with E-state index in [1.54, 1.807) is 21.9 Å². The van der Waals surface area contributed by atoms with Crippen LogP contribution in [-0.2, 0) is 6.54 Å². The second-order valence-electron chi connectivity index (χ2n) is 7.50. The van der Waals surface area contributed by atoms with Gasteiger partial charge in [-0.25, -0.2) is 9.18 Å². The fraction of sp³-hybridized carbons (Fsp3) is 0.391. The topological polar surface area (TPSA) is 52.7 Å². The fourth-order valence-corrected chi connectivity index (χ4v) is 3.66. The van der Waals surface area contributed by atoms with E-state index < -0.39 is 5.82 Å². The summed E-state index contributed by atoms with van der Waals surface area (Å²) in [4.78, 5) is 28.7. The van der Waals surface area contributed by atoms with Crippen LogP contribution in [-0.4, -0.2) is 47.4 Å². The van der Waals surface area contributed by atoms with E-state index in [0.717, 1.165) is 5.56 Å². The Balaban J connectivity index is 1.52. The van der Waals surface area contributed by atoms with E-state index >= 15 is 0 Å². The van der Waals surface area contributed by atoms with Gasteiger partial charge < -0.3 is 15.1 Å². The monoisotopic (exact) mass is 397 g/mol. The summed E-state index contributed by atoms with van der Waals surface area (Å²) >= 11 is 0. The molecule has 3 rings (SSSR count). The highest BCUT2D eigenvalue weighted by molar-refractivity contribution is 5.94. The van der Waals surface area contributed by atoms with Gasteiger partial charge in [0.1, 0.15) is 5.82 Å². The second kappa shape index (κ2) is 9.54. The highest BCUT2D eigenvalue weighted by Crippen LogP contribution is 2.16. The van der Waals surface area contributed by atoms with Gasteiger partial charge in [-0.2, -0.15) is 0 Å². The van der Waals surface area contributed by atoms with Crippen LogP contribution in [0.4, 0.5) is 9.18 Å². The number of nitrogens with one attached hydrogen (secondary N) is 1. The predicted molar refractivity (Wildman–Crippen MR) is 111 cm³/mol. The van der Waals surface area contributed by atoms with Crippen LogP contribution in [0, 0.1) is 12.7 Å². The molecule has 0 aromatic heterocycles. The molecule has 0 spiro atoms. The van der Waals surface area contributed by atoms with Gasteiger partial charge in [-0.3, -0.25) is 4.79 Å². The first-order valence-corrected chi connectivity index (χ1v) is 10.1. The van der Waals surface area contributed by atoms with Crippen molar-refractivity contribution in [1.82, 2.24) is 15.1 Å². The third-order valence-corrected chi connectivity index (χ3v) is 5.34. The number of halogens is 1. The Morgan fingerprint density at radius 2 is 1.86 bits per heavy atom. The third kappa shape index (κ3) is 5.34. The van der Waals surface area contributed by atoms with Crippen LogP contribution < -0.4 is 5.32 Å². The van der Waals surface area contributed by atoms with Crippen LogP contribution in [0.2, 0.25) is 0 Å². The molecule has 5 nitrogen and oxygen atoms in total. The van der Waals surface area contributed by atoms with Gasteiger partial charge in [0, 0.05) is 32.2 Å². The lowest BCUT2D eigenvalue weighted by Crippen LogP contribution is -2.50. The smallest absolute Gasteiger partial charge is 0.317 e. The van der Waals surface area contributed by atoms with E-state index in [2.05, 4.69) is 11.4 Å². The van der Waals surface area contributed by atoms with Crippen LogP contribution in [0.25, 0.3) is 0 Å². The Morgan fingerprint density at radius 1 is 1.14 bits per heavy atom. The Labute approximate surface area is 171 Å². The van der Waals surface area contributed by atoms with Crippen molar-refractivity contribution in [1.29, 1.82) is 0 Å². The molecule has 3 amide bonds. The zero-order valence-corrected chi connectivity index (χ0v) is 17.0. The molecule has 0 saturated carbocycles. The highest BCUT2D eigenvalue weighted by atomic mass is 19.1. The molecule has 0 aliphatic carbocycles. The number of carbonyl (C=O) groups is 2. The maximum Gasteiger partial charge on any atom is 0.317 e. The molecule has 2 aromatic carbocycles. The van der Waals surface area contributed by atoms with Gasteiger partial charge in [0.2, 0.25) is 0 Å².